The number of hydrogen-bond donors (Lipinski definition) is 1. The molecule has 2 saturated carbocycles. The first-order valence-corrected chi connectivity index (χ1v) is 13.1. The number of piperidine rings is 1. The van der Waals surface area contributed by atoms with Gasteiger partial charge < -0.3 is 10.2 Å². The second kappa shape index (κ2) is 8.48. The summed E-state index contributed by atoms with van der Waals surface area (Å²) in [6, 6.07) is 2.69. The largest absolute Gasteiger partial charge is 0.361 e. The minimum atomic E-state index is -3.30. The smallest absolute Gasteiger partial charge is 0.289 e. The molecule has 1 saturated heterocycles. The summed E-state index contributed by atoms with van der Waals surface area (Å²) < 4.78 is 66.5. The molecule has 0 radical (unpaired) electrons. The Kier molecular flexibility index (Phi) is 5.83. The molecule has 186 valence electrons. The summed E-state index contributed by atoms with van der Waals surface area (Å²) in [5.74, 6) is -6.23. The Balaban J connectivity index is 1.31. The highest BCUT2D eigenvalue weighted by atomic mass is 35.5. The number of carbonyl (C=O) groups excluding carboxylic acids is 1. The van der Waals surface area contributed by atoms with E-state index in [-0.39, 0.29) is 28.2 Å². The molecule has 0 bridgehead atoms. The van der Waals surface area contributed by atoms with Crippen molar-refractivity contribution < 1.29 is 26.4 Å². The highest BCUT2D eigenvalue weighted by Gasteiger charge is 2.76. The van der Waals surface area contributed by atoms with Crippen molar-refractivity contribution in [3.8, 4) is 0 Å². The molecule has 1 N–H and O–H groups in total. The average Bonchev–Trinajstić information content (AvgIpc) is 3.70. The third kappa shape index (κ3) is 4.40. The van der Waals surface area contributed by atoms with Crippen LogP contribution in [0.1, 0.15) is 42.0 Å². The van der Waals surface area contributed by atoms with Gasteiger partial charge in [-0.3, -0.25) is 4.79 Å². The van der Waals surface area contributed by atoms with E-state index in [2.05, 4.69) is 15.3 Å². The predicted molar refractivity (Wildman–Crippen MR) is 123 cm³/mol. The molecule has 35 heavy (non-hydrogen) atoms. The third-order valence-corrected chi connectivity index (χ3v) is 9.05. The highest BCUT2D eigenvalue weighted by molar-refractivity contribution is 7.95. The number of nitrogens with zero attached hydrogens (tertiary/aromatic N) is 3. The molecule has 1 amide bonds. The molecular formula is C23H22ClF3N4O3S. The zero-order valence-electron chi connectivity index (χ0n) is 18.5. The van der Waals surface area contributed by atoms with Gasteiger partial charge in [0.25, 0.3) is 11.8 Å². The van der Waals surface area contributed by atoms with Crippen LogP contribution < -0.4 is 10.2 Å². The lowest BCUT2D eigenvalue weighted by Crippen LogP contribution is -2.33. The first-order chi connectivity index (χ1) is 16.5. The maximum atomic E-state index is 14.3. The van der Waals surface area contributed by atoms with Crippen molar-refractivity contribution in [1.82, 2.24) is 15.3 Å². The van der Waals surface area contributed by atoms with Crippen molar-refractivity contribution in [1.29, 1.82) is 0 Å². The Bertz CT molecular complexity index is 1300. The van der Waals surface area contributed by atoms with E-state index >= 15 is 0 Å². The van der Waals surface area contributed by atoms with Crippen LogP contribution in [0.15, 0.2) is 42.1 Å². The van der Waals surface area contributed by atoms with Crippen molar-refractivity contribution in [2.24, 2.45) is 11.8 Å². The second-order valence-electron chi connectivity index (χ2n) is 9.19. The molecule has 2 aromatic rings. The van der Waals surface area contributed by atoms with Crippen LogP contribution in [0, 0.1) is 17.7 Å². The molecule has 2 heterocycles. The Morgan fingerprint density at radius 3 is 2.63 bits per heavy atom. The van der Waals surface area contributed by atoms with Crippen molar-refractivity contribution >= 4 is 33.0 Å². The van der Waals surface area contributed by atoms with E-state index < -0.39 is 51.4 Å². The molecule has 7 nitrogen and oxygen atoms in total. The summed E-state index contributed by atoms with van der Waals surface area (Å²) in [6.45, 7) is 1.64. The van der Waals surface area contributed by atoms with E-state index in [1.807, 2.05) is 0 Å². The van der Waals surface area contributed by atoms with Gasteiger partial charge in [0, 0.05) is 18.0 Å². The Labute approximate surface area is 205 Å². The molecule has 1 aliphatic heterocycles. The van der Waals surface area contributed by atoms with Crippen molar-refractivity contribution in [2.45, 2.75) is 43.0 Å². The van der Waals surface area contributed by atoms with Crippen molar-refractivity contribution in [3.05, 3.63) is 64.3 Å². The lowest BCUT2D eigenvalue weighted by atomic mass is 10.0. The summed E-state index contributed by atoms with van der Waals surface area (Å²) in [7, 11) is -3.30. The van der Waals surface area contributed by atoms with Crippen molar-refractivity contribution in [3.63, 3.8) is 0 Å². The van der Waals surface area contributed by atoms with Gasteiger partial charge in [-0.1, -0.05) is 29.8 Å². The Hall–Kier alpha value is -2.66. The zero-order chi connectivity index (χ0) is 25.1. The van der Waals surface area contributed by atoms with Gasteiger partial charge >= 0.3 is 0 Å². The van der Waals surface area contributed by atoms with Crippen LogP contribution >= 0.6 is 11.6 Å². The first kappa shape index (κ1) is 24.1. The van der Waals surface area contributed by atoms with Crippen LogP contribution in [-0.4, -0.2) is 48.1 Å². The molecule has 1 aromatic heterocycles. The van der Waals surface area contributed by atoms with E-state index in [0.717, 1.165) is 5.41 Å². The fourth-order valence-corrected chi connectivity index (χ4v) is 6.33. The van der Waals surface area contributed by atoms with Gasteiger partial charge in [0.2, 0.25) is 5.82 Å². The molecule has 12 heteroatoms. The molecule has 1 aromatic carbocycles. The normalized spacial score (nSPS) is 26.0. The Morgan fingerprint density at radius 1 is 1.29 bits per heavy atom. The highest BCUT2D eigenvalue weighted by Crippen LogP contribution is 2.67. The number of hydrogen-bond acceptors (Lipinski definition) is 6. The number of rotatable bonds is 7. The van der Waals surface area contributed by atoms with Crippen LogP contribution in [0.4, 0.5) is 18.9 Å². The van der Waals surface area contributed by atoms with Gasteiger partial charge in [-0.2, -0.15) is 0 Å². The summed E-state index contributed by atoms with van der Waals surface area (Å²) in [6.07, 6.45) is 5.39. The number of alkyl halides is 2. The lowest BCUT2D eigenvalue weighted by molar-refractivity contribution is 0.0719. The molecule has 5 rings (SSSR count). The van der Waals surface area contributed by atoms with Crippen LogP contribution in [0.5, 0.6) is 0 Å². The van der Waals surface area contributed by atoms with E-state index in [0.29, 0.717) is 18.5 Å². The monoisotopic (exact) mass is 526 g/mol. The topological polar surface area (TPSA) is 92.3 Å². The maximum absolute atomic E-state index is 14.3. The molecule has 0 spiro atoms. The van der Waals surface area contributed by atoms with Crippen LogP contribution in [0.25, 0.3) is 0 Å². The molecule has 2 aliphatic carbocycles. The van der Waals surface area contributed by atoms with Crippen molar-refractivity contribution in [2.75, 3.05) is 11.4 Å². The minimum absolute atomic E-state index is 0.0153. The number of amides is 1. The van der Waals surface area contributed by atoms with Crippen LogP contribution in [0.3, 0.4) is 0 Å². The molecule has 3 aliphatic rings. The van der Waals surface area contributed by atoms with E-state index in [1.54, 1.807) is 11.8 Å². The van der Waals surface area contributed by atoms with Gasteiger partial charge in [-0.25, -0.2) is 31.6 Å². The molecular weight excluding hydrogens is 505 g/mol. The van der Waals surface area contributed by atoms with E-state index in [4.69, 9.17) is 11.6 Å². The Morgan fingerprint density at radius 2 is 1.97 bits per heavy atom. The number of carbonyl (C=O) groups is 1. The lowest BCUT2D eigenvalue weighted by Gasteiger charge is -2.31. The minimum Gasteiger partial charge on any atom is -0.361 e. The van der Waals surface area contributed by atoms with Gasteiger partial charge in [0.15, 0.2) is 9.84 Å². The second-order valence-corrected chi connectivity index (χ2v) is 11.7. The maximum Gasteiger partial charge on any atom is 0.289 e. The molecule has 4 atom stereocenters. The predicted octanol–water partition coefficient (Wildman–Crippen LogP) is 3.92. The fourth-order valence-electron chi connectivity index (χ4n) is 4.62. The van der Waals surface area contributed by atoms with E-state index in [1.165, 1.54) is 36.7 Å². The third-order valence-electron chi connectivity index (χ3n) is 6.71. The first-order valence-electron chi connectivity index (χ1n) is 11.1. The number of halogens is 4. The number of benzene rings is 1. The van der Waals surface area contributed by atoms with Gasteiger partial charge in [0.05, 0.1) is 46.2 Å². The molecule has 0 unspecified atom stereocenters. The molecule has 3 fully saturated rings. The summed E-state index contributed by atoms with van der Waals surface area (Å²) >= 11 is 6.12. The van der Waals surface area contributed by atoms with Gasteiger partial charge in [-0.05, 0) is 31.4 Å². The summed E-state index contributed by atoms with van der Waals surface area (Å²) in [4.78, 5) is 22.3. The van der Waals surface area contributed by atoms with E-state index in [9.17, 15) is 26.4 Å². The number of sulfone groups is 1. The number of aromatic nitrogens is 2. The van der Waals surface area contributed by atoms with Crippen LogP contribution in [0.2, 0.25) is 5.02 Å². The summed E-state index contributed by atoms with van der Waals surface area (Å²) in [5, 5.41) is 3.19. The standard InChI is InChI=1S/C23H22ClF3N4O3S/c1-12(7-8-35(33,34)14-5-6-14)30-22(32)21-28-9-13(10-29-21)31-11-16-18(23(16,26)27)20(31)15-3-2-4-17(25)19(15)24/h2-4,7-10,12,14,16,18,20H,5-6,11H2,1H3,(H,30,32)/b8-7+/t12-,16-,18-,20-/m1/s1. The number of anilines is 1. The number of nitrogens with one attached hydrogen (secondary N) is 1. The fraction of sp³-hybridized carbons (Fsp3) is 0.435. The average molecular weight is 527 g/mol. The van der Waals surface area contributed by atoms with Crippen LogP contribution in [-0.2, 0) is 9.84 Å². The summed E-state index contributed by atoms with van der Waals surface area (Å²) in [5.41, 5.74) is 0.665. The quantitative estimate of drug-likeness (QED) is 0.588. The number of fused-ring (bicyclic) bond motifs is 1. The van der Waals surface area contributed by atoms with Gasteiger partial charge in [0.1, 0.15) is 5.82 Å². The van der Waals surface area contributed by atoms with Gasteiger partial charge in [-0.15, -0.1) is 0 Å². The SMILES string of the molecule is C[C@H](/C=C/S(=O)(=O)C1CC1)NC(=O)c1ncc(N2C[C@@H]3[C@H]([C@H]2c2cccc(F)c2Cl)C3(F)F)cn1. The zero-order valence-corrected chi connectivity index (χ0v) is 20.1.